The molecule has 0 heterocycles. The van der Waals surface area contributed by atoms with Crippen molar-refractivity contribution >= 4 is 35.3 Å². The smallest absolute Gasteiger partial charge is 0.138 e. The van der Waals surface area contributed by atoms with Crippen molar-refractivity contribution in [3.05, 3.63) is 0 Å². The summed E-state index contributed by atoms with van der Waals surface area (Å²) in [7, 11) is 1.72. The van der Waals surface area contributed by atoms with Crippen LogP contribution in [0.4, 0.5) is 0 Å². The standard InChI is InChI=1S/Bi.Co.Fe.Mo.Ni.HOP/c;;;;;1-2/h;;;;;2H. The first kappa shape index (κ1) is 49.0. The van der Waals surface area contributed by atoms with Crippen molar-refractivity contribution < 1.29 is 76.0 Å². The van der Waals surface area contributed by atoms with E-state index in [1.807, 2.05) is 0 Å². The van der Waals surface area contributed by atoms with E-state index in [0.29, 0.717) is 0 Å². The van der Waals surface area contributed by atoms with Gasteiger partial charge in [-0.05, 0) is 0 Å². The van der Waals surface area contributed by atoms with Gasteiger partial charge >= 0.3 is 0 Å². The summed E-state index contributed by atoms with van der Waals surface area (Å²) in [4.78, 5) is 0. The minimum absolute atomic E-state index is 0. The topological polar surface area (TPSA) is 17.1 Å². The van der Waals surface area contributed by atoms with E-state index in [0.717, 1.165) is 0 Å². The van der Waals surface area contributed by atoms with Crippen molar-refractivity contribution in [1.82, 2.24) is 0 Å². The third-order valence-electron chi connectivity index (χ3n) is 0. The van der Waals surface area contributed by atoms with Crippen LogP contribution in [0, 0.1) is 0 Å². The minimum atomic E-state index is 0. The Balaban J connectivity index is -0.000000000500. The summed E-state index contributed by atoms with van der Waals surface area (Å²) in [5, 5.41) is 0. The maximum absolute atomic E-state index is 8.06. The second-order valence-corrected chi connectivity index (χ2v) is 0. The summed E-state index contributed by atoms with van der Waals surface area (Å²) >= 11 is 0. The Bertz CT molecular complexity index is 19.7. The summed E-state index contributed by atoms with van der Waals surface area (Å²) in [5.41, 5.74) is 0. The molecule has 0 aromatic carbocycles. The molecule has 0 aromatic rings. The minimum Gasteiger partial charge on any atom is -0.279 e. The van der Waals surface area contributed by atoms with Crippen LogP contribution in [0.1, 0.15) is 0 Å². The van der Waals surface area contributed by atoms with Gasteiger partial charge in [-0.3, -0.25) is 4.57 Å². The van der Waals surface area contributed by atoms with E-state index >= 15 is 0 Å². The summed E-state index contributed by atoms with van der Waals surface area (Å²) in [6.07, 6.45) is 0. The fourth-order valence-electron chi connectivity index (χ4n) is 0. The first-order valence-corrected chi connectivity index (χ1v) is 0.612. The maximum Gasteiger partial charge on any atom is 0.138 e. The average molecular weight is 526 g/mol. The maximum atomic E-state index is 8.06. The van der Waals surface area contributed by atoms with Gasteiger partial charge in [0.05, 0.1) is 0 Å². The third-order valence-corrected chi connectivity index (χ3v) is 0. The van der Waals surface area contributed by atoms with Gasteiger partial charge in [0.1, 0.15) is 9.12 Å². The Morgan fingerprint density at radius 3 is 1.14 bits per heavy atom. The number of rotatable bonds is 0. The van der Waals surface area contributed by atoms with Crippen LogP contribution in [-0.2, 0) is 76.0 Å². The van der Waals surface area contributed by atoms with E-state index in [1.54, 1.807) is 9.12 Å². The van der Waals surface area contributed by atoms with E-state index in [-0.39, 0.29) is 97.6 Å². The molecule has 1 nitrogen and oxygen atoms in total. The fourth-order valence-corrected chi connectivity index (χ4v) is 0. The molecule has 0 saturated carbocycles. The Morgan fingerprint density at radius 2 is 1.14 bits per heavy atom. The predicted molar refractivity (Wildman–Crippen MR) is 14.8 cm³/mol. The van der Waals surface area contributed by atoms with E-state index in [2.05, 4.69) is 0 Å². The van der Waals surface area contributed by atoms with E-state index in [4.69, 9.17) is 4.57 Å². The van der Waals surface area contributed by atoms with E-state index in [9.17, 15) is 0 Å². The largest absolute Gasteiger partial charge is 0.279 e. The van der Waals surface area contributed by atoms with Crippen LogP contribution in [0.2, 0.25) is 0 Å². The zero-order valence-corrected chi connectivity index (χ0v) is 12.4. The second kappa shape index (κ2) is 60.6. The Labute approximate surface area is 110 Å². The average Bonchev–Trinajstić information content (AvgIpc) is 1.00. The molecule has 0 rings (SSSR count). The van der Waals surface area contributed by atoms with Crippen molar-refractivity contribution in [2.45, 2.75) is 0 Å². The van der Waals surface area contributed by atoms with Crippen molar-refractivity contribution in [3.8, 4) is 0 Å². The first-order chi connectivity index (χ1) is 1.00. The van der Waals surface area contributed by atoms with Crippen molar-refractivity contribution in [1.29, 1.82) is 0 Å². The molecule has 4 radical (unpaired) electrons. The molecule has 0 aromatic heterocycles. The molecule has 0 atom stereocenters. The van der Waals surface area contributed by atoms with Crippen LogP contribution in [0.15, 0.2) is 0 Å². The quantitative estimate of drug-likeness (QED) is 0.323. The second-order valence-electron chi connectivity index (χ2n) is 0. The van der Waals surface area contributed by atoms with Gasteiger partial charge in [-0.2, -0.15) is 0 Å². The normalized spacial score (nSPS) is 0.571. The molecular formula is HBiCoFeMoNiOP. The Hall–Kier alpha value is 3.19. The van der Waals surface area contributed by atoms with E-state index in [1.165, 1.54) is 0 Å². The van der Waals surface area contributed by atoms with Crippen molar-refractivity contribution in [2.75, 3.05) is 0 Å². The van der Waals surface area contributed by atoms with E-state index < -0.39 is 0 Å². The monoisotopic (exact) mass is 528 g/mol. The van der Waals surface area contributed by atoms with Crippen LogP contribution in [0.25, 0.3) is 0 Å². The number of hydrogen-bond donors (Lipinski definition) is 0. The molecule has 7 heteroatoms. The van der Waals surface area contributed by atoms with Gasteiger partial charge in [0.2, 0.25) is 0 Å². The van der Waals surface area contributed by atoms with Gasteiger partial charge in [0.15, 0.2) is 0 Å². The Kier molecular flexibility index (Phi) is 424. The molecule has 0 aliphatic heterocycles. The zero-order valence-electron chi connectivity index (χ0n) is 2.77. The SMILES string of the molecule is O=P.[Bi].[Co].[Fe].[Mo].[Ni]. The molecular weight excluding hydrogens is 525 g/mol. The molecule has 0 amide bonds. The molecule has 0 unspecified atom stereocenters. The Morgan fingerprint density at radius 1 is 1.14 bits per heavy atom. The first-order valence-electron chi connectivity index (χ1n) is 0.204. The molecule has 0 aliphatic carbocycles. The van der Waals surface area contributed by atoms with Gasteiger partial charge in [0.25, 0.3) is 0 Å². The molecule has 0 bridgehead atoms. The third kappa shape index (κ3) is 46.7. The summed E-state index contributed by atoms with van der Waals surface area (Å²) in [5.74, 6) is 0. The van der Waals surface area contributed by atoms with Crippen molar-refractivity contribution in [2.24, 2.45) is 0 Å². The van der Waals surface area contributed by atoms with Crippen LogP contribution in [0.3, 0.4) is 0 Å². The summed E-state index contributed by atoms with van der Waals surface area (Å²) < 4.78 is 8.06. The summed E-state index contributed by atoms with van der Waals surface area (Å²) in [6, 6.07) is 0. The molecule has 0 aliphatic rings. The van der Waals surface area contributed by atoms with Crippen molar-refractivity contribution in [3.63, 3.8) is 0 Å². The van der Waals surface area contributed by atoms with Gasteiger partial charge in [0, 0.05) is 97.6 Å². The molecule has 0 spiro atoms. The van der Waals surface area contributed by atoms with Gasteiger partial charge in [-0.15, -0.1) is 0 Å². The van der Waals surface area contributed by atoms with Gasteiger partial charge < -0.3 is 0 Å². The molecule has 50 valence electrons. The zero-order chi connectivity index (χ0) is 2.00. The van der Waals surface area contributed by atoms with Crippen LogP contribution in [-0.4, -0.2) is 26.2 Å². The van der Waals surface area contributed by atoms with Crippen LogP contribution in [0.5, 0.6) is 0 Å². The van der Waals surface area contributed by atoms with Gasteiger partial charge in [-0.1, -0.05) is 0 Å². The van der Waals surface area contributed by atoms with Crippen LogP contribution >= 0.6 is 9.12 Å². The van der Waals surface area contributed by atoms with Gasteiger partial charge in [-0.25, -0.2) is 0 Å². The predicted octanol–water partition coefficient (Wildman–Crippen LogP) is 0.0839. The number of hydrogen-bond acceptors (Lipinski definition) is 1. The molecule has 0 saturated heterocycles. The molecule has 0 fully saturated rings. The summed E-state index contributed by atoms with van der Waals surface area (Å²) in [6.45, 7) is 0. The molecule has 0 N–H and O–H groups in total. The molecule has 7 heavy (non-hydrogen) atoms. The fraction of sp³-hybridized carbons (Fsp3) is 0. The van der Waals surface area contributed by atoms with Crippen LogP contribution < -0.4 is 0 Å².